The van der Waals surface area contributed by atoms with Crippen LogP contribution < -0.4 is 5.73 Å². The van der Waals surface area contributed by atoms with Crippen LogP contribution in [-0.4, -0.2) is 39.8 Å². The van der Waals surface area contributed by atoms with Gasteiger partial charge in [0.1, 0.15) is 11.3 Å². The highest BCUT2D eigenvalue weighted by Crippen LogP contribution is 2.30. The highest BCUT2D eigenvalue weighted by atomic mass is 16.5. The number of benzene rings is 1. The van der Waals surface area contributed by atoms with Crippen molar-refractivity contribution in [3.05, 3.63) is 30.2 Å². The SMILES string of the molecule is CCOCC(C)(CN)Cc1nc2cc(O)ccc2c2[nH]cnc12. The molecule has 0 fully saturated rings. The van der Waals surface area contributed by atoms with E-state index in [4.69, 9.17) is 15.5 Å². The van der Waals surface area contributed by atoms with Gasteiger partial charge in [0.25, 0.3) is 0 Å². The van der Waals surface area contributed by atoms with Crippen LogP contribution in [0.3, 0.4) is 0 Å². The molecule has 1 atom stereocenters. The molecular weight excluding hydrogens is 292 g/mol. The Morgan fingerprint density at radius 2 is 2.22 bits per heavy atom. The van der Waals surface area contributed by atoms with Crippen LogP contribution in [0.15, 0.2) is 24.5 Å². The number of aromatic nitrogens is 3. The van der Waals surface area contributed by atoms with Crippen molar-refractivity contribution < 1.29 is 9.84 Å². The molecule has 6 heteroatoms. The molecule has 0 aliphatic carbocycles. The molecule has 3 aromatic rings. The van der Waals surface area contributed by atoms with Crippen LogP contribution in [0.1, 0.15) is 19.5 Å². The molecule has 6 nitrogen and oxygen atoms in total. The Balaban J connectivity index is 2.09. The normalized spacial score (nSPS) is 14.4. The number of rotatable bonds is 6. The standard InChI is InChI=1S/C17H22N4O2/c1-3-23-9-17(2,8-18)7-14-16-15(19-10-20-16)12-5-4-11(22)6-13(12)21-14/h4-6,10,22H,3,7-9,18H2,1-2H3,(H,19,20). The fourth-order valence-electron chi connectivity index (χ4n) is 2.80. The number of nitrogens with zero attached hydrogens (tertiary/aromatic N) is 2. The number of phenols is 1. The van der Waals surface area contributed by atoms with Crippen molar-refractivity contribution in [2.45, 2.75) is 20.3 Å². The molecule has 2 heterocycles. The summed E-state index contributed by atoms with van der Waals surface area (Å²) in [5.41, 5.74) is 9.16. The van der Waals surface area contributed by atoms with E-state index in [-0.39, 0.29) is 11.2 Å². The van der Waals surface area contributed by atoms with Crippen LogP contribution in [0.2, 0.25) is 0 Å². The average Bonchev–Trinajstić information content (AvgIpc) is 3.03. The number of fused-ring (bicyclic) bond motifs is 3. The quantitative estimate of drug-likeness (QED) is 0.649. The number of hydrogen-bond acceptors (Lipinski definition) is 5. The summed E-state index contributed by atoms with van der Waals surface area (Å²) in [6.45, 7) is 5.80. The average molecular weight is 314 g/mol. The van der Waals surface area contributed by atoms with Crippen LogP contribution in [0, 0.1) is 5.41 Å². The fraction of sp³-hybridized carbons (Fsp3) is 0.412. The predicted molar refractivity (Wildman–Crippen MR) is 90.4 cm³/mol. The van der Waals surface area contributed by atoms with Gasteiger partial charge in [-0.25, -0.2) is 4.98 Å². The van der Waals surface area contributed by atoms with Crippen molar-refractivity contribution in [2.24, 2.45) is 11.1 Å². The van der Waals surface area contributed by atoms with Crippen LogP contribution in [0.4, 0.5) is 0 Å². The lowest BCUT2D eigenvalue weighted by Crippen LogP contribution is -2.35. The monoisotopic (exact) mass is 314 g/mol. The molecule has 0 saturated heterocycles. The number of phenolic OH excluding ortho intramolecular Hbond substituents is 1. The summed E-state index contributed by atoms with van der Waals surface area (Å²) in [6.07, 6.45) is 2.33. The van der Waals surface area contributed by atoms with Crippen LogP contribution in [-0.2, 0) is 11.2 Å². The zero-order valence-electron chi connectivity index (χ0n) is 13.5. The number of aromatic amines is 1. The van der Waals surface area contributed by atoms with Crippen molar-refractivity contribution in [3.8, 4) is 5.75 Å². The van der Waals surface area contributed by atoms with Gasteiger partial charge in [-0.3, -0.25) is 4.98 Å². The maximum atomic E-state index is 9.73. The van der Waals surface area contributed by atoms with Crippen molar-refractivity contribution in [1.29, 1.82) is 0 Å². The number of imidazole rings is 1. The summed E-state index contributed by atoms with van der Waals surface area (Å²) < 4.78 is 5.59. The summed E-state index contributed by atoms with van der Waals surface area (Å²) in [5.74, 6) is 0.200. The number of ether oxygens (including phenoxy) is 1. The summed E-state index contributed by atoms with van der Waals surface area (Å²) in [5, 5.41) is 10.7. The van der Waals surface area contributed by atoms with Crippen LogP contribution in [0.25, 0.3) is 21.9 Å². The summed E-state index contributed by atoms with van der Waals surface area (Å²) >= 11 is 0. The molecule has 1 unspecified atom stereocenters. The van der Waals surface area contributed by atoms with Gasteiger partial charge in [0.2, 0.25) is 0 Å². The minimum Gasteiger partial charge on any atom is -0.508 e. The third-order valence-electron chi connectivity index (χ3n) is 4.16. The topological polar surface area (TPSA) is 97.0 Å². The molecule has 0 saturated carbocycles. The second-order valence-electron chi connectivity index (χ2n) is 6.21. The van der Waals surface area contributed by atoms with E-state index in [1.807, 2.05) is 13.0 Å². The minimum atomic E-state index is -0.209. The number of hydrogen-bond donors (Lipinski definition) is 3. The van der Waals surface area contributed by atoms with Gasteiger partial charge in [-0.05, 0) is 19.1 Å². The first-order valence-electron chi connectivity index (χ1n) is 7.79. The number of nitrogens with two attached hydrogens (primary N) is 1. The maximum Gasteiger partial charge on any atom is 0.117 e. The summed E-state index contributed by atoms with van der Waals surface area (Å²) in [4.78, 5) is 12.3. The zero-order chi connectivity index (χ0) is 16.4. The van der Waals surface area contributed by atoms with E-state index < -0.39 is 0 Å². The lowest BCUT2D eigenvalue weighted by atomic mass is 9.85. The van der Waals surface area contributed by atoms with Gasteiger partial charge in [-0.1, -0.05) is 6.92 Å². The third-order valence-corrected chi connectivity index (χ3v) is 4.16. The Morgan fingerprint density at radius 3 is 2.96 bits per heavy atom. The van der Waals surface area contributed by atoms with Gasteiger partial charge in [-0.2, -0.15) is 0 Å². The van der Waals surface area contributed by atoms with E-state index >= 15 is 0 Å². The lowest BCUT2D eigenvalue weighted by Gasteiger charge is -2.27. The Kier molecular flexibility index (Phi) is 4.19. The molecule has 122 valence electrons. The highest BCUT2D eigenvalue weighted by molar-refractivity contribution is 6.03. The molecule has 0 bridgehead atoms. The number of aromatic hydroxyl groups is 1. The zero-order valence-corrected chi connectivity index (χ0v) is 13.5. The van der Waals surface area contributed by atoms with Crippen molar-refractivity contribution in [1.82, 2.24) is 15.0 Å². The first kappa shape index (κ1) is 15.7. The molecule has 1 aromatic carbocycles. The molecule has 0 aliphatic rings. The fourth-order valence-corrected chi connectivity index (χ4v) is 2.80. The van der Waals surface area contributed by atoms with Crippen molar-refractivity contribution in [2.75, 3.05) is 19.8 Å². The van der Waals surface area contributed by atoms with Crippen LogP contribution >= 0.6 is 0 Å². The molecular formula is C17H22N4O2. The summed E-state index contributed by atoms with van der Waals surface area (Å²) in [6, 6.07) is 5.18. The van der Waals surface area contributed by atoms with Gasteiger partial charge in [0.05, 0.1) is 29.7 Å². The molecule has 2 aromatic heterocycles. The van der Waals surface area contributed by atoms with E-state index in [1.165, 1.54) is 0 Å². The Morgan fingerprint density at radius 1 is 1.39 bits per heavy atom. The minimum absolute atomic E-state index is 0.200. The third kappa shape index (κ3) is 3.00. The van der Waals surface area contributed by atoms with Crippen molar-refractivity contribution in [3.63, 3.8) is 0 Å². The molecule has 23 heavy (non-hydrogen) atoms. The van der Waals surface area contributed by atoms with Gasteiger partial charge in [-0.15, -0.1) is 0 Å². The largest absolute Gasteiger partial charge is 0.508 e. The molecule has 0 amide bonds. The first-order chi connectivity index (χ1) is 11.1. The molecule has 3 rings (SSSR count). The molecule has 0 spiro atoms. The van der Waals surface area contributed by atoms with Gasteiger partial charge >= 0.3 is 0 Å². The Hall–Kier alpha value is -2.18. The number of nitrogens with one attached hydrogen (secondary N) is 1. The number of pyridine rings is 1. The highest BCUT2D eigenvalue weighted by Gasteiger charge is 2.26. The van der Waals surface area contributed by atoms with E-state index in [9.17, 15) is 5.11 Å². The molecule has 4 N–H and O–H groups in total. The Bertz CT molecular complexity index is 830. The smallest absolute Gasteiger partial charge is 0.117 e. The van der Waals surface area contributed by atoms with Crippen molar-refractivity contribution >= 4 is 21.9 Å². The second kappa shape index (κ2) is 6.14. The first-order valence-corrected chi connectivity index (χ1v) is 7.79. The van der Waals surface area contributed by atoms with E-state index in [0.29, 0.717) is 26.2 Å². The van der Waals surface area contributed by atoms with Crippen LogP contribution in [0.5, 0.6) is 5.75 Å². The van der Waals surface area contributed by atoms with Gasteiger partial charge < -0.3 is 20.6 Å². The summed E-state index contributed by atoms with van der Waals surface area (Å²) in [7, 11) is 0. The Labute approximate surface area is 134 Å². The van der Waals surface area contributed by atoms with E-state index in [1.54, 1.807) is 18.5 Å². The van der Waals surface area contributed by atoms with Gasteiger partial charge in [0, 0.05) is 36.4 Å². The predicted octanol–water partition coefficient (Wildman–Crippen LogP) is 2.36. The van der Waals surface area contributed by atoms with Gasteiger partial charge in [0.15, 0.2) is 0 Å². The lowest BCUT2D eigenvalue weighted by molar-refractivity contribution is 0.0651. The molecule has 0 radical (unpaired) electrons. The number of H-pyrrole nitrogens is 1. The maximum absolute atomic E-state index is 9.73. The van der Waals surface area contributed by atoms with E-state index in [0.717, 1.165) is 27.6 Å². The van der Waals surface area contributed by atoms with E-state index in [2.05, 4.69) is 16.9 Å². The molecule has 0 aliphatic heterocycles. The second-order valence-corrected chi connectivity index (χ2v) is 6.21.